The van der Waals surface area contributed by atoms with E-state index in [4.69, 9.17) is 16.3 Å². The quantitative estimate of drug-likeness (QED) is 0.815. The number of aryl methyl sites for hydroxylation is 2. The molecule has 4 nitrogen and oxygen atoms in total. The zero-order valence-corrected chi connectivity index (χ0v) is 14.9. The van der Waals surface area contributed by atoms with Crippen LogP contribution in [0.3, 0.4) is 0 Å². The number of nitrogens with one attached hydrogen (secondary N) is 1. The molecule has 1 N–H and O–H groups in total. The van der Waals surface area contributed by atoms with E-state index in [0.717, 1.165) is 19.3 Å². The first kappa shape index (κ1) is 17.0. The number of rotatable bonds is 4. The number of benzene rings is 1. The summed E-state index contributed by atoms with van der Waals surface area (Å²) in [5.41, 5.74) is 1.86. The van der Waals surface area contributed by atoms with E-state index in [-0.39, 0.29) is 5.91 Å². The molecule has 0 radical (unpaired) electrons. The van der Waals surface area contributed by atoms with E-state index in [1.807, 2.05) is 6.07 Å². The lowest BCUT2D eigenvalue weighted by Crippen LogP contribution is -2.29. The van der Waals surface area contributed by atoms with Crippen molar-refractivity contribution in [3.05, 3.63) is 50.7 Å². The van der Waals surface area contributed by atoms with Crippen LogP contribution >= 0.6 is 22.9 Å². The summed E-state index contributed by atoms with van der Waals surface area (Å²) in [5.74, 6) is -0.805. The Morgan fingerprint density at radius 2 is 1.92 bits per heavy atom. The Bertz CT molecular complexity index is 731. The zero-order chi connectivity index (χ0) is 17.1. The van der Waals surface area contributed by atoms with Crippen molar-refractivity contribution < 1.29 is 14.3 Å². The Kier molecular flexibility index (Phi) is 5.21. The number of esters is 1. The molecule has 1 atom stereocenters. The third kappa shape index (κ3) is 3.97. The highest BCUT2D eigenvalue weighted by Crippen LogP contribution is 2.30. The van der Waals surface area contributed by atoms with Gasteiger partial charge in [-0.25, -0.2) is 4.79 Å². The highest BCUT2D eigenvalue weighted by atomic mass is 35.5. The fourth-order valence-electron chi connectivity index (χ4n) is 2.64. The average molecular weight is 364 g/mol. The number of anilines is 1. The van der Waals surface area contributed by atoms with E-state index < -0.39 is 12.1 Å². The third-order valence-electron chi connectivity index (χ3n) is 3.96. The largest absolute Gasteiger partial charge is 0.448 e. The van der Waals surface area contributed by atoms with Gasteiger partial charge in [-0.05, 0) is 68.5 Å². The maximum Gasteiger partial charge on any atom is 0.349 e. The summed E-state index contributed by atoms with van der Waals surface area (Å²) in [6.45, 7) is 1.57. The van der Waals surface area contributed by atoms with Gasteiger partial charge >= 0.3 is 5.97 Å². The average Bonchev–Trinajstić information content (AvgIpc) is 3.01. The van der Waals surface area contributed by atoms with Crippen LogP contribution in [0.2, 0.25) is 5.02 Å². The standard InChI is InChI=1S/C18H18ClNO3S/c1-11(17(21)20-14-8-6-13(19)7-9-14)23-18(22)16-10-12-4-2-3-5-15(12)24-16/h6-11H,2-5H2,1H3,(H,20,21). The van der Waals surface area contributed by atoms with E-state index in [2.05, 4.69) is 5.32 Å². The fourth-order valence-corrected chi connectivity index (χ4v) is 3.90. The normalized spacial score (nSPS) is 14.6. The maximum absolute atomic E-state index is 12.3. The van der Waals surface area contributed by atoms with Crippen LogP contribution < -0.4 is 5.32 Å². The summed E-state index contributed by atoms with van der Waals surface area (Å²) < 4.78 is 5.31. The van der Waals surface area contributed by atoms with E-state index in [1.54, 1.807) is 31.2 Å². The fraction of sp³-hybridized carbons (Fsp3) is 0.333. The second kappa shape index (κ2) is 7.36. The number of amides is 1. The predicted molar refractivity (Wildman–Crippen MR) is 95.9 cm³/mol. The van der Waals surface area contributed by atoms with Crippen molar-refractivity contribution >= 4 is 40.5 Å². The monoisotopic (exact) mass is 363 g/mol. The van der Waals surface area contributed by atoms with Gasteiger partial charge in [0.05, 0.1) is 0 Å². The number of carbonyl (C=O) groups excluding carboxylic acids is 2. The van der Waals surface area contributed by atoms with Crippen LogP contribution in [0.4, 0.5) is 5.69 Å². The van der Waals surface area contributed by atoms with Crippen molar-refractivity contribution in [1.29, 1.82) is 0 Å². The van der Waals surface area contributed by atoms with E-state index in [9.17, 15) is 9.59 Å². The molecule has 0 fully saturated rings. The molecule has 1 aromatic heterocycles. The molecule has 1 amide bonds. The Morgan fingerprint density at radius 3 is 2.62 bits per heavy atom. The van der Waals surface area contributed by atoms with Gasteiger partial charge in [-0.15, -0.1) is 11.3 Å². The van der Waals surface area contributed by atoms with Gasteiger partial charge in [0.1, 0.15) is 4.88 Å². The molecule has 0 saturated heterocycles. The van der Waals surface area contributed by atoms with Gasteiger partial charge in [0.15, 0.2) is 6.10 Å². The molecular formula is C18H18ClNO3S. The molecule has 1 aromatic carbocycles. The third-order valence-corrected chi connectivity index (χ3v) is 5.43. The van der Waals surface area contributed by atoms with Crippen LogP contribution in [0.1, 0.15) is 39.9 Å². The molecule has 1 heterocycles. The number of fused-ring (bicyclic) bond motifs is 1. The van der Waals surface area contributed by atoms with Gasteiger partial charge in [0.25, 0.3) is 5.91 Å². The number of ether oxygens (including phenoxy) is 1. The maximum atomic E-state index is 12.3. The van der Waals surface area contributed by atoms with E-state index in [0.29, 0.717) is 15.6 Å². The highest BCUT2D eigenvalue weighted by molar-refractivity contribution is 7.14. The van der Waals surface area contributed by atoms with Crippen LogP contribution in [0.15, 0.2) is 30.3 Å². The molecule has 3 rings (SSSR count). The summed E-state index contributed by atoms with van der Waals surface area (Å²) in [7, 11) is 0. The molecular weight excluding hydrogens is 346 g/mol. The number of halogens is 1. The van der Waals surface area contributed by atoms with Crippen LogP contribution in [-0.4, -0.2) is 18.0 Å². The Morgan fingerprint density at radius 1 is 1.21 bits per heavy atom. The number of thiophene rings is 1. The molecule has 1 aliphatic carbocycles. The van der Waals surface area contributed by atoms with E-state index >= 15 is 0 Å². The molecule has 1 unspecified atom stereocenters. The first-order valence-corrected chi connectivity index (χ1v) is 9.11. The molecule has 0 saturated carbocycles. The lowest BCUT2D eigenvalue weighted by molar-refractivity contribution is -0.123. The van der Waals surface area contributed by atoms with E-state index in [1.165, 1.54) is 28.2 Å². The Hall–Kier alpha value is -1.85. The van der Waals surface area contributed by atoms with Gasteiger partial charge in [0.2, 0.25) is 0 Å². The highest BCUT2D eigenvalue weighted by Gasteiger charge is 2.22. The first-order valence-electron chi connectivity index (χ1n) is 7.92. The Balaban J connectivity index is 1.60. The molecule has 0 aliphatic heterocycles. The molecule has 2 aromatic rings. The smallest absolute Gasteiger partial charge is 0.349 e. The van der Waals surface area contributed by atoms with Crippen molar-refractivity contribution in [2.75, 3.05) is 5.32 Å². The number of hydrogen-bond acceptors (Lipinski definition) is 4. The second-order valence-corrected chi connectivity index (χ2v) is 7.38. The van der Waals surface area contributed by atoms with Gasteiger partial charge in [-0.2, -0.15) is 0 Å². The zero-order valence-electron chi connectivity index (χ0n) is 13.3. The minimum absolute atomic E-state index is 0.369. The van der Waals surface area contributed by atoms with Gasteiger partial charge < -0.3 is 10.1 Å². The summed E-state index contributed by atoms with van der Waals surface area (Å²) in [6, 6.07) is 8.67. The van der Waals surface area contributed by atoms with Crippen molar-refractivity contribution in [3.8, 4) is 0 Å². The number of carbonyl (C=O) groups is 2. The molecule has 6 heteroatoms. The SMILES string of the molecule is CC(OC(=O)c1cc2c(s1)CCCC2)C(=O)Nc1ccc(Cl)cc1. The Labute approximate surface area is 149 Å². The molecule has 0 spiro atoms. The van der Waals surface area contributed by atoms with Crippen molar-refractivity contribution in [3.63, 3.8) is 0 Å². The lowest BCUT2D eigenvalue weighted by atomic mass is 9.99. The molecule has 24 heavy (non-hydrogen) atoms. The van der Waals surface area contributed by atoms with Gasteiger partial charge in [0, 0.05) is 15.6 Å². The summed E-state index contributed by atoms with van der Waals surface area (Å²) in [4.78, 5) is 26.3. The summed E-state index contributed by atoms with van der Waals surface area (Å²) in [5, 5.41) is 3.30. The van der Waals surface area contributed by atoms with Crippen LogP contribution in [0.25, 0.3) is 0 Å². The summed E-state index contributed by atoms with van der Waals surface area (Å²) >= 11 is 7.29. The van der Waals surface area contributed by atoms with Gasteiger partial charge in [-0.3, -0.25) is 4.79 Å². The van der Waals surface area contributed by atoms with Crippen LogP contribution in [-0.2, 0) is 22.4 Å². The van der Waals surface area contributed by atoms with Crippen LogP contribution in [0, 0.1) is 0 Å². The molecule has 0 bridgehead atoms. The van der Waals surface area contributed by atoms with Gasteiger partial charge in [-0.1, -0.05) is 11.6 Å². The minimum Gasteiger partial charge on any atom is -0.448 e. The summed E-state index contributed by atoms with van der Waals surface area (Å²) in [6.07, 6.45) is 3.51. The minimum atomic E-state index is -0.868. The predicted octanol–water partition coefficient (Wildman–Crippen LogP) is 4.46. The molecule has 1 aliphatic rings. The second-order valence-electron chi connectivity index (χ2n) is 5.81. The topological polar surface area (TPSA) is 55.4 Å². The lowest BCUT2D eigenvalue weighted by Gasteiger charge is -2.13. The van der Waals surface area contributed by atoms with Crippen LogP contribution in [0.5, 0.6) is 0 Å². The van der Waals surface area contributed by atoms with Crippen molar-refractivity contribution in [2.45, 2.75) is 38.7 Å². The van der Waals surface area contributed by atoms with Crippen molar-refractivity contribution in [2.24, 2.45) is 0 Å². The number of hydrogen-bond donors (Lipinski definition) is 1. The van der Waals surface area contributed by atoms with Crippen molar-refractivity contribution in [1.82, 2.24) is 0 Å². The molecule has 126 valence electrons. The first-order chi connectivity index (χ1) is 11.5.